The van der Waals surface area contributed by atoms with Crippen LogP contribution in [0, 0.1) is 0 Å². The van der Waals surface area contributed by atoms with Crippen molar-refractivity contribution in [3.05, 3.63) is 114 Å². The number of nitrogens with one attached hydrogen (secondary N) is 1. The Balaban J connectivity index is 1.53. The van der Waals surface area contributed by atoms with Gasteiger partial charge in [0.2, 0.25) is 0 Å². The zero-order valence-electron chi connectivity index (χ0n) is 17.8. The van der Waals surface area contributed by atoms with Gasteiger partial charge in [-0.3, -0.25) is 9.10 Å². The molecule has 0 spiro atoms. The van der Waals surface area contributed by atoms with E-state index in [0.717, 1.165) is 15.4 Å². The molecule has 0 aliphatic heterocycles. The Kier molecular flexibility index (Phi) is 6.49. The Hall–Kier alpha value is -3.61. The normalized spacial score (nSPS) is 11.1. The van der Waals surface area contributed by atoms with Crippen LogP contribution < -0.4 is 9.62 Å². The summed E-state index contributed by atoms with van der Waals surface area (Å²) in [6.07, 6.45) is 0. The third-order valence-electron chi connectivity index (χ3n) is 5.18. The average molecular weight is 477 g/mol. The summed E-state index contributed by atoms with van der Waals surface area (Å²) in [4.78, 5) is 12.8. The fraction of sp³-hybridized carbons (Fsp3) is 0.0385. The fourth-order valence-corrected chi connectivity index (χ4v) is 4.76. The van der Waals surface area contributed by atoms with Gasteiger partial charge in [-0.2, -0.15) is 0 Å². The average Bonchev–Trinajstić information content (AvgIpc) is 2.84. The minimum absolute atomic E-state index is 0.0112. The molecule has 33 heavy (non-hydrogen) atoms. The van der Waals surface area contributed by atoms with Crippen LogP contribution in [0.5, 0.6) is 0 Å². The lowest BCUT2D eigenvalue weighted by atomic mass is 10.1. The van der Waals surface area contributed by atoms with Crippen molar-refractivity contribution in [2.24, 2.45) is 0 Å². The maximum Gasteiger partial charge on any atom is 0.264 e. The van der Waals surface area contributed by atoms with E-state index < -0.39 is 15.9 Å². The van der Waals surface area contributed by atoms with Crippen LogP contribution in [-0.4, -0.2) is 21.4 Å². The SMILES string of the molecule is CN(c1cccc(Cl)c1)S(=O)(=O)c1cccc(C(=O)Nc2ccc(-c3ccccc3)cc2)c1. The number of amides is 1. The second kappa shape index (κ2) is 9.48. The second-order valence-electron chi connectivity index (χ2n) is 7.38. The van der Waals surface area contributed by atoms with Crippen LogP contribution in [0.2, 0.25) is 5.02 Å². The predicted molar refractivity (Wildman–Crippen MR) is 133 cm³/mol. The number of carbonyl (C=O) groups is 1. The largest absolute Gasteiger partial charge is 0.322 e. The number of rotatable bonds is 6. The molecule has 0 atom stereocenters. The zero-order valence-corrected chi connectivity index (χ0v) is 19.3. The monoisotopic (exact) mass is 476 g/mol. The maximum atomic E-state index is 13.1. The van der Waals surface area contributed by atoms with E-state index in [9.17, 15) is 13.2 Å². The molecular weight excluding hydrogens is 456 g/mol. The van der Waals surface area contributed by atoms with Crippen molar-refractivity contribution in [1.29, 1.82) is 0 Å². The topological polar surface area (TPSA) is 66.5 Å². The van der Waals surface area contributed by atoms with Gasteiger partial charge in [-0.1, -0.05) is 66.2 Å². The van der Waals surface area contributed by atoms with Gasteiger partial charge in [0, 0.05) is 23.3 Å². The molecular formula is C26H21ClN2O3S. The van der Waals surface area contributed by atoms with Crippen LogP contribution in [0.1, 0.15) is 10.4 Å². The molecule has 0 fully saturated rings. The van der Waals surface area contributed by atoms with Crippen LogP contribution in [0.4, 0.5) is 11.4 Å². The van der Waals surface area contributed by atoms with Crippen molar-refractivity contribution >= 4 is 38.9 Å². The summed E-state index contributed by atoms with van der Waals surface area (Å²) in [5.41, 5.74) is 3.39. The summed E-state index contributed by atoms with van der Waals surface area (Å²) in [5.74, 6) is -0.398. The highest BCUT2D eigenvalue weighted by molar-refractivity contribution is 7.92. The third kappa shape index (κ3) is 5.08. The molecule has 0 heterocycles. The van der Waals surface area contributed by atoms with Crippen molar-refractivity contribution in [3.8, 4) is 11.1 Å². The standard InChI is InChI=1S/C26H21ClN2O3S/c1-29(24-11-6-10-22(27)18-24)33(31,32)25-12-5-9-21(17-25)26(30)28-23-15-13-20(14-16-23)19-7-3-2-4-8-19/h2-18H,1H3,(H,28,30). The van der Waals surface area contributed by atoms with E-state index in [-0.39, 0.29) is 10.5 Å². The second-order valence-corrected chi connectivity index (χ2v) is 9.78. The van der Waals surface area contributed by atoms with Gasteiger partial charge in [0.15, 0.2) is 0 Å². The number of hydrogen-bond donors (Lipinski definition) is 1. The highest BCUT2D eigenvalue weighted by Crippen LogP contribution is 2.26. The van der Waals surface area contributed by atoms with Gasteiger partial charge in [-0.25, -0.2) is 8.42 Å². The molecule has 0 aliphatic rings. The van der Waals surface area contributed by atoms with Crippen molar-refractivity contribution in [2.45, 2.75) is 4.90 Å². The molecule has 0 unspecified atom stereocenters. The molecule has 4 rings (SSSR count). The summed E-state index contributed by atoms with van der Waals surface area (Å²) in [7, 11) is -2.43. The summed E-state index contributed by atoms with van der Waals surface area (Å²) >= 11 is 6.00. The number of halogens is 1. The minimum atomic E-state index is -3.88. The Labute approximate surface area is 198 Å². The summed E-state index contributed by atoms with van der Waals surface area (Å²) in [6.45, 7) is 0. The van der Waals surface area contributed by atoms with Crippen LogP contribution in [0.3, 0.4) is 0 Å². The van der Waals surface area contributed by atoms with Crippen molar-refractivity contribution in [3.63, 3.8) is 0 Å². The van der Waals surface area contributed by atoms with Gasteiger partial charge in [0.1, 0.15) is 0 Å². The number of hydrogen-bond acceptors (Lipinski definition) is 3. The van der Waals surface area contributed by atoms with Crippen LogP contribution in [-0.2, 0) is 10.0 Å². The molecule has 0 saturated heterocycles. The zero-order chi connectivity index (χ0) is 23.4. The molecule has 0 aliphatic carbocycles. The molecule has 4 aromatic carbocycles. The number of nitrogens with zero attached hydrogens (tertiary/aromatic N) is 1. The highest BCUT2D eigenvalue weighted by Gasteiger charge is 2.22. The Morgan fingerprint density at radius 2 is 1.45 bits per heavy atom. The number of carbonyl (C=O) groups excluding carboxylic acids is 1. The number of sulfonamides is 1. The number of benzene rings is 4. The van der Waals surface area contributed by atoms with Gasteiger partial charge in [0.05, 0.1) is 10.6 Å². The molecule has 4 aromatic rings. The first-order chi connectivity index (χ1) is 15.8. The molecule has 7 heteroatoms. The molecule has 0 radical (unpaired) electrons. The van der Waals surface area contributed by atoms with Crippen molar-refractivity contribution in [2.75, 3.05) is 16.7 Å². The van der Waals surface area contributed by atoms with E-state index >= 15 is 0 Å². The van der Waals surface area contributed by atoms with Gasteiger partial charge >= 0.3 is 0 Å². The van der Waals surface area contributed by atoms with Crippen molar-refractivity contribution in [1.82, 2.24) is 0 Å². The maximum absolute atomic E-state index is 13.1. The predicted octanol–water partition coefficient (Wildman–Crippen LogP) is 6.08. The molecule has 0 aromatic heterocycles. The van der Waals surface area contributed by atoms with Gasteiger partial charge in [-0.05, 0) is 59.7 Å². The molecule has 1 amide bonds. The first kappa shape index (κ1) is 22.6. The van der Waals surface area contributed by atoms with E-state index in [1.165, 1.54) is 19.2 Å². The van der Waals surface area contributed by atoms with E-state index in [1.54, 1.807) is 36.4 Å². The smallest absolute Gasteiger partial charge is 0.264 e. The Bertz CT molecular complexity index is 1390. The Morgan fingerprint density at radius 3 is 2.15 bits per heavy atom. The summed E-state index contributed by atoms with van der Waals surface area (Å²) < 4.78 is 27.3. The van der Waals surface area contributed by atoms with Gasteiger partial charge < -0.3 is 5.32 Å². The first-order valence-electron chi connectivity index (χ1n) is 10.2. The van der Waals surface area contributed by atoms with Crippen molar-refractivity contribution < 1.29 is 13.2 Å². The lowest BCUT2D eigenvalue weighted by Crippen LogP contribution is -2.26. The van der Waals surface area contributed by atoms with E-state index in [4.69, 9.17) is 11.6 Å². The van der Waals surface area contributed by atoms with E-state index in [1.807, 2.05) is 54.6 Å². The highest BCUT2D eigenvalue weighted by atomic mass is 35.5. The lowest BCUT2D eigenvalue weighted by Gasteiger charge is -2.20. The summed E-state index contributed by atoms with van der Waals surface area (Å²) in [5, 5.41) is 3.25. The van der Waals surface area contributed by atoms with Gasteiger partial charge in [0.25, 0.3) is 15.9 Å². The molecule has 0 bridgehead atoms. The molecule has 0 saturated carbocycles. The number of anilines is 2. The quantitative estimate of drug-likeness (QED) is 0.366. The summed E-state index contributed by atoms with van der Waals surface area (Å²) in [6, 6.07) is 29.9. The van der Waals surface area contributed by atoms with E-state index in [2.05, 4.69) is 5.32 Å². The molecule has 1 N–H and O–H groups in total. The molecule has 166 valence electrons. The fourth-order valence-electron chi connectivity index (χ4n) is 3.35. The Morgan fingerprint density at radius 1 is 0.788 bits per heavy atom. The van der Waals surface area contributed by atoms with Crippen LogP contribution >= 0.6 is 11.6 Å². The van der Waals surface area contributed by atoms with E-state index in [0.29, 0.717) is 16.4 Å². The molecule has 5 nitrogen and oxygen atoms in total. The van der Waals surface area contributed by atoms with Crippen LogP contribution in [0.15, 0.2) is 108 Å². The minimum Gasteiger partial charge on any atom is -0.322 e. The van der Waals surface area contributed by atoms with Gasteiger partial charge in [-0.15, -0.1) is 0 Å². The first-order valence-corrected chi connectivity index (χ1v) is 12.0. The third-order valence-corrected chi connectivity index (χ3v) is 7.19. The lowest BCUT2D eigenvalue weighted by molar-refractivity contribution is 0.102. The van der Waals surface area contributed by atoms with Crippen LogP contribution in [0.25, 0.3) is 11.1 Å².